The zero-order valence-corrected chi connectivity index (χ0v) is 13.0. The zero-order chi connectivity index (χ0) is 15.0. The van der Waals surface area contributed by atoms with Crippen molar-refractivity contribution >= 4 is 23.1 Å². The van der Waals surface area contributed by atoms with Gasteiger partial charge in [-0.05, 0) is 25.6 Å². The summed E-state index contributed by atoms with van der Waals surface area (Å²) in [5, 5.41) is 2.90. The number of carbonyl (C=O) groups is 1. The van der Waals surface area contributed by atoms with E-state index in [1.165, 1.54) is 0 Å². The van der Waals surface area contributed by atoms with Gasteiger partial charge in [0.15, 0.2) is 0 Å². The van der Waals surface area contributed by atoms with Gasteiger partial charge >= 0.3 is 0 Å². The third-order valence-electron chi connectivity index (χ3n) is 3.28. The molecule has 20 heavy (non-hydrogen) atoms. The molecule has 0 saturated carbocycles. The summed E-state index contributed by atoms with van der Waals surface area (Å²) in [5.74, 6) is -0.537. The van der Waals surface area contributed by atoms with E-state index in [0.29, 0.717) is 13.0 Å². The first-order valence-electron chi connectivity index (χ1n) is 6.84. The summed E-state index contributed by atoms with van der Waals surface area (Å²) in [6.45, 7) is 4.46. The maximum absolute atomic E-state index is 12.2. The van der Waals surface area contributed by atoms with Gasteiger partial charge in [0.2, 0.25) is 5.91 Å². The molecule has 0 radical (unpaired) electrons. The smallest absolute Gasteiger partial charge is 0.230 e. The molecule has 0 aromatic heterocycles. The Kier molecular flexibility index (Phi) is 7.18. The number of thiocarbonyl (C=S) groups is 1. The van der Waals surface area contributed by atoms with Crippen molar-refractivity contribution in [3.63, 3.8) is 0 Å². The maximum atomic E-state index is 12.2. The topological polar surface area (TPSA) is 58.4 Å². The number of amides is 1. The van der Waals surface area contributed by atoms with Crippen LogP contribution in [0.1, 0.15) is 12.5 Å². The number of benzene rings is 1. The van der Waals surface area contributed by atoms with Gasteiger partial charge in [-0.25, -0.2) is 0 Å². The molecule has 3 N–H and O–H groups in total. The minimum absolute atomic E-state index is 0.0918. The van der Waals surface area contributed by atoms with Crippen molar-refractivity contribution in [3.8, 4) is 0 Å². The zero-order valence-electron chi connectivity index (χ0n) is 12.1. The van der Waals surface area contributed by atoms with Crippen LogP contribution in [-0.4, -0.2) is 42.5 Å². The van der Waals surface area contributed by atoms with E-state index in [2.05, 4.69) is 17.1 Å². The second-order valence-corrected chi connectivity index (χ2v) is 5.30. The summed E-state index contributed by atoms with van der Waals surface area (Å²) in [7, 11) is 2.02. The van der Waals surface area contributed by atoms with Gasteiger partial charge in [-0.2, -0.15) is 0 Å². The molecule has 1 aromatic rings. The van der Waals surface area contributed by atoms with E-state index in [1.807, 2.05) is 37.4 Å². The molecule has 0 heterocycles. The molecule has 1 atom stereocenters. The van der Waals surface area contributed by atoms with Gasteiger partial charge < -0.3 is 16.0 Å². The molecule has 0 spiro atoms. The molecule has 0 bridgehead atoms. The number of carbonyl (C=O) groups excluding carboxylic acids is 1. The normalized spacial score (nSPS) is 12.2. The monoisotopic (exact) mass is 293 g/mol. The van der Waals surface area contributed by atoms with Crippen LogP contribution in [0.2, 0.25) is 0 Å². The van der Waals surface area contributed by atoms with Gasteiger partial charge in [-0.3, -0.25) is 4.79 Å². The number of nitrogens with two attached hydrogens (primary N) is 1. The molecule has 0 saturated heterocycles. The standard InChI is InChI=1S/C15H23N3OS/c1-3-18(2)10-9-17-15(19)13(14(16)20)11-12-7-5-4-6-8-12/h4-8,13H,3,9-11H2,1-2H3,(H2,16,20)(H,17,19). The summed E-state index contributed by atoms with van der Waals surface area (Å²) in [5.41, 5.74) is 6.76. The molecule has 5 heteroatoms. The van der Waals surface area contributed by atoms with Crippen LogP contribution in [0.15, 0.2) is 30.3 Å². The first-order chi connectivity index (χ1) is 9.54. The highest BCUT2D eigenvalue weighted by atomic mass is 32.1. The Bertz CT molecular complexity index is 436. The van der Waals surface area contributed by atoms with Crippen LogP contribution < -0.4 is 11.1 Å². The van der Waals surface area contributed by atoms with Gasteiger partial charge in [0.25, 0.3) is 0 Å². The van der Waals surface area contributed by atoms with Crippen molar-refractivity contribution in [2.75, 3.05) is 26.7 Å². The predicted octanol–water partition coefficient (Wildman–Crippen LogP) is 1.20. The fraction of sp³-hybridized carbons (Fsp3) is 0.467. The van der Waals surface area contributed by atoms with E-state index in [4.69, 9.17) is 18.0 Å². The van der Waals surface area contributed by atoms with Gasteiger partial charge in [0.1, 0.15) is 0 Å². The van der Waals surface area contributed by atoms with Gasteiger partial charge in [-0.1, -0.05) is 49.5 Å². The Morgan fingerprint density at radius 3 is 2.60 bits per heavy atom. The Hall–Kier alpha value is -1.46. The lowest BCUT2D eigenvalue weighted by Crippen LogP contribution is -2.41. The fourth-order valence-electron chi connectivity index (χ4n) is 1.82. The summed E-state index contributed by atoms with van der Waals surface area (Å²) in [6, 6.07) is 9.78. The number of nitrogens with one attached hydrogen (secondary N) is 1. The Labute approximate surface area is 126 Å². The van der Waals surface area contributed by atoms with E-state index >= 15 is 0 Å². The minimum Gasteiger partial charge on any atom is -0.393 e. The third kappa shape index (κ3) is 5.67. The van der Waals surface area contributed by atoms with Crippen molar-refractivity contribution < 1.29 is 4.79 Å². The molecule has 0 aliphatic heterocycles. The predicted molar refractivity (Wildman–Crippen MR) is 86.6 cm³/mol. The van der Waals surface area contributed by atoms with Crippen LogP contribution in [0.3, 0.4) is 0 Å². The van der Waals surface area contributed by atoms with E-state index in [-0.39, 0.29) is 10.9 Å². The van der Waals surface area contributed by atoms with Crippen LogP contribution in [0.25, 0.3) is 0 Å². The lowest BCUT2D eigenvalue weighted by Gasteiger charge is -2.18. The van der Waals surface area contributed by atoms with E-state index in [0.717, 1.165) is 18.7 Å². The number of likely N-dealkylation sites (N-methyl/N-ethyl adjacent to an activating group) is 1. The summed E-state index contributed by atoms with van der Waals surface area (Å²) in [4.78, 5) is 14.5. The van der Waals surface area contributed by atoms with Crippen LogP contribution in [-0.2, 0) is 11.2 Å². The quantitative estimate of drug-likeness (QED) is 0.707. The van der Waals surface area contributed by atoms with Crippen molar-refractivity contribution in [2.24, 2.45) is 11.7 Å². The van der Waals surface area contributed by atoms with E-state index in [1.54, 1.807) is 0 Å². The molecule has 0 aliphatic rings. The first kappa shape index (κ1) is 16.6. The van der Waals surface area contributed by atoms with E-state index in [9.17, 15) is 4.79 Å². The molecular formula is C15H23N3OS. The van der Waals surface area contributed by atoms with Gasteiger partial charge in [-0.15, -0.1) is 0 Å². The molecule has 1 aromatic carbocycles. The third-order valence-corrected chi connectivity index (χ3v) is 3.56. The number of hydrogen-bond donors (Lipinski definition) is 2. The maximum Gasteiger partial charge on any atom is 0.230 e. The lowest BCUT2D eigenvalue weighted by molar-refractivity contribution is -0.123. The number of nitrogens with zero attached hydrogens (tertiary/aromatic N) is 1. The summed E-state index contributed by atoms with van der Waals surface area (Å²) >= 11 is 5.02. The highest BCUT2D eigenvalue weighted by Crippen LogP contribution is 2.09. The minimum atomic E-state index is -0.445. The molecule has 0 fully saturated rings. The second kappa shape index (κ2) is 8.66. The average molecular weight is 293 g/mol. The number of hydrogen-bond acceptors (Lipinski definition) is 3. The van der Waals surface area contributed by atoms with Crippen LogP contribution in [0.4, 0.5) is 0 Å². The largest absolute Gasteiger partial charge is 0.393 e. The Morgan fingerprint density at radius 2 is 2.05 bits per heavy atom. The SMILES string of the molecule is CCN(C)CCNC(=O)C(Cc1ccccc1)C(N)=S. The Morgan fingerprint density at radius 1 is 1.40 bits per heavy atom. The fourth-order valence-corrected chi connectivity index (χ4v) is 2.01. The highest BCUT2D eigenvalue weighted by molar-refractivity contribution is 7.80. The van der Waals surface area contributed by atoms with Gasteiger partial charge in [0.05, 0.1) is 10.9 Å². The van der Waals surface area contributed by atoms with Crippen molar-refractivity contribution in [3.05, 3.63) is 35.9 Å². The molecule has 1 unspecified atom stereocenters. The molecule has 4 nitrogen and oxygen atoms in total. The highest BCUT2D eigenvalue weighted by Gasteiger charge is 2.21. The number of rotatable bonds is 8. The lowest BCUT2D eigenvalue weighted by atomic mass is 9.98. The van der Waals surface area contributed by atoms with Crippen LogP contribution in [0, 0.1) is 5.92 Å². The van der Waals surface area contributed by atoms with Crippen LogP contribution >= 0.6 is 12.2 Å². The van der Waals surface area contributed by atoms with E-state index < -0.39 is 5.92 Å². The van der Waals surface area contributed by atoms with Crippen molar-refractivity contribution in [1.29, 1.82) is 0 Å². The molecule has 110 valence electrons. The summed E-state index contributed by atoms with van der Waals surface area (Å²) in [6.07, 6.45) is 0.547. The molecule has 0 aliphatic carbocycles. The second-order valence-electron chi connectivity index (χ2n) is 4.83. The van der Waals surface area contributed by atoms with Crippen LogP contribution in [0.5, 0.6) is 0 Å². The molecule has 1 amide bonds. The summed E-state index contributed by atoms with van der Waals surface area (Å²) < 4.78 is 0. The van der Waals surface area contributed by atoms with Crippen molar-refractivity contribution in [2.45, 2.75) is 13.3 Å². The van der Waals surface area contributed by atoms with Crippen molar-refractivity contribution in [1.82, 2.24) is 10.2 Å². The molecule has 1 rings (SSSR count). The molecular weight excluding hydrogens is 270 g/mol. The Balaban J connectivity index is 2.53. The first-order valence-corrected chi connectivity index (χ1v) is 7.25. The van der Waals surface area contributed by atoms with Gasteiger partial charge in [0, 0.05) is 13.1 Å². The average Bonchev–Trinajstić information content (AvgIpc) is 2.45.